The lowest BCUT2D eigenvalue weighted by Gasteiger charge is -2.37. The first-order chi connectivity index (χ1) is 19.7. The van der Waals surface area contributed by atoms with E-state index in [1.54, 1.807) is 0 Å². The van der Waals surface area contributed by atoms with Gasteiger partial charge in [0, 0.05) is 5.41 Å². The van der Waals surface area contributed by atoms with Crippen LogP contribution in [0.25, 0.3) is 0 Å². The Morgan fingerprint density at radius 1 is 0.650 bits per heavy atom. The highest BCUT2D eigenvalue weighted by Gasteiger charge is 2.40. The van der Waals surface area contributed by atoms with Crippen LogP contribution in [0.3, 0.4) is 0 Å². The summed E-state index contributed by atoms with van der Waals surface area (Å²) < 4.78 is 4.94. The third-order valence-corrected chi connectivity index (χ3v) is 9.01. The van der Waals surface area contributed by atoms with Gasteiger partial charge in [-0.3, -0.25) is 0 Å². The Morgan fingerprint density at radius 3 is 1.75 bits per heavy atom. The average molecular weight is 544 g/mol. The minimum Gasteiger partial charge on any atom is -0.237 e. The number of hydrogen-bond donors (Lipinski definition) is 0. The number of nitrogens with zero attached hydrogens (tertiary/aromatic N) is 2. The van der Waals surface area contributed by atoms with Crippen LogP contribution in [0.15, 0.2) is 79.4 Å². The van der Waals surface area contributed by atoms with E-state index in [-0.39, 0.29) is 5.41 Å². The summed E-state index contributed by atoms with van der Waals surface area (Å²) in [4.78, 5) is 0. The molecule has 2 nitrogen and oxygen atoms in total. The molecule has 3 aromatic rings. The Kier molecular flexibility index (Phi) is 15.2. The first kappa shape index (κ1) is 32.2. The summed E-state index contributed by atoms with van der Waals surface area (Å²) in [5.74, 6) is 0. The Balaban J connectivity index is 1.61. The van der Waals surface area contributed by atoms with Gasteiger partial charge in [0.15, 0.2) is 0 Å². The maximum absolute atomic E-state index is 2.55. The third kappa shape index (κ3) is 10.9. The van der Waals surface area contributed by atoms with Gasteiger partial charge in [0.1, 0.15) is 18.4 Å². The van der Waals surface area contributed by atoms with Crippen LogP contribution in [0, 0.1) is 0 Å². The zero-order valence-electron chi connectivity index (χ0n) is 26.2. The number of rotatable bonds is 22. The van der Waals surface area contributed by atoms with Crippen molar-refractivity contribution >= 4 is 0 Å². The summed E-state index contributed by atoms with van der Waals surface area (Å²) in [5, 5.41) is 0. The van der Waals surface area contributed by atoms with E-state index in [0.717, 1.165) is 13.0 Å². The van der Waals surface area contributed by atoms with Crippen molar-refractivity contribution in [3.63, 3.8) is 0 Å². The van der Waals surface area contributed by atoms with E-state index in [1.165, 1.54) is 114 Å². The second kappa shape index (κ2) is 18.9. The molecule has 0 aliphatic rings. The second-order valence-electron chi connectivity index (χ2n) is 12.4. The summed E-state index contributed by atoms with van der Waals surface area (Å²) in [7, 11) is 0. The molecule has 40 heavy (non-hydrogen) atoms. The van der Waals surface area contributed by atoms with Crippen molar-refractivity contribution in [3.8, 4) is 0 Å². The standard InChI is InChI=1S/C38H59N2/c1-4-6-8-9-10-11-12-13-14-15-16-17-24-29-37(40-32-31-39(34-40)30-7-5-2)38(3,36-27-22-19-23-28-36)33-35-25-20-18-21-26-35/h18-23,25-28,31-32,34,37H,4-17,24,29-30,33H2,1-3H3/q+1. The number of aromatic nitrogens is 2. The SMILES string of the molecule is CCCCCCCCCCCCCCCC(n1cc[n+](CCCC)c1)C(C)(Cc1ccccc1)c1ccccc1. The molecule has 1 heterocycles. The van der Waals surface area contributed by atoms with Gasteiger partial charge in [0.05, 0.1) is 6.54 Å². The molecule has 0 aliphatic heterocycles. The molecule has 1 aromatic heterocycles. The molecule has 0 amide bonds. The Hall–Kier alpha value is -2.35. The van der Waals surface area contributed by atoms with Crippen LogP contribution in [0.4, 0.5) is 0 Å². The summed E-state index contributed by atoms with van der Waals surface area (Å²) in [6.07, 6.45) is 30.0. The second-order valence-corrected chi connectivity index (χ2v) is 12.4. The van der Waals surface area contributed by atoms with Gasteiger partial charge in [-0.05, 0) is 36.8 Å². The molecule has 0 fully saturated rings. The zero-order valence-corrected chi connectivity index (χ0v) is 26.2. The van der Waals surface area contributed by atoms with Crippen LogP contribution < -0.4 is 4.57 Å². The molecule has 2 atom stereocenters. The van der Waals surface area contributed by atoms with E-state index in [4.69, 9.17) is 0 Å². The lowest BCUT2D eigenvalue weighted by molar-refractivity contribution is -0.697. The smallest absolute Gasteiger partial charge is 0.237 e. The number of aryl methyl sites for hydroxylation is 1. The lowest BCUT2D eigenvalue weighted by Crippen LogP contribution is -2.38. The fraction of sp³-hybridized carbons (Fsp3) is 0.605. The molecule has 3 rings (SSSR count). The quantitative estimate of drug-likeness (QED) is 0.0880. The van der Waals surface area contributed by atoms with E-state index in [0.29, 0.717) is 6.04 Å². The first-order valence-electron chi connectivity index (χ1n) is 16.8. The molecule has 0 bridgehead atoms. The van der Waals surface area contributed by atoms with E-state index >= 15 is 0 Å². The molecule has 2 unspecified atom stereocenters. The number of imidazole rings is 1. The van der Waals surface area contributed by atoms with E-state index in [9.17, 15) is 0 Å². The van der Waals surface area contributed by atoms with Gasteiger partial charge in [0.2, 0.25) is 6.33 Å². The van der Waals surface area contributed by atoms with Crippen LogP contribution in [0.1, 0.15) is 141 Å². The van der Waals surface area contributed by atoms with Crippen LogP contribution in [0.5, 0.6) is 0 Å². The van der Waals surface area contributed by atoms with Gasteiger partial charge in [0.25, 0.3) is 0 Å². The topological polar surface area (TPSA) is 8.81 Å². The van der Waals surface area contributed by atoms with Crippen molar-refractivity contribution < 1.29 is 4.57 Å². The predicted octanol–water partition coefficient (Wildman–Crippen LogP) is 10.8. The van der Waals surface area contributed by atoms with E-state index in [2.05, 4.69) is 109 Å². The predicted molar refractivity (Wildman–Crippen MR) is 173 cm³/mol. The number of hydrogen-bond acceptors (Lipinski definition) is 0. The highest BCUT2D eigenvalue weighted by atomic mass is 15.1. The highest BCUT2D eigenvalue weighted by molar-refractivity contribution is 5.30. The average Bonchev–Trinajstić information content (AvgIpc) is 3.45. The summed E-state index contributed by atoms with van der Waals surface area (Å²) in [6, 6.07) is 22.9. The van der Waals surface area contributed by atoms with Crippen LogP contribution in [-0.4, -0.2) is 4.57 Å². The summed E-state index contributed by atoms with van der Waals surface area (Å²) in [5.41, 5.74) is 2.89. The zero-order chi connectivity index (χ0) is 28.3. The van der Waals surface area contributed by atoms with E-state index < -0.39 is 0 Å². The molecule has 220 valence electrons. The van der Waals surface area contributed by atoms with Crippen molar-refractivity contribution in [2.24, 2.45) is 0 Å². The minimum absolute atomic E-state index is 0.0152. The Morgan fingerprint density at radius 2 is 1.18 bits per heavy atom. The Bertz CT molecular complexity index is 1010. The molecule has 0 saturated heterocycles. The third-order valence-electron chi connectivity index (χ3n) is 9.01. The number of benzene rings is 2. The maximum Gasteiger partial charge on any atom is 0.244 e. The van der Waals surface area contributed by atoms with Crippen LogP contribution in [-0.2, 0) is 18.4 Å². The van der Waals surface area contributed by atoms with Gasteiger partial charge in [-0.25, -0.2) is 9.13 Å². The molecular formula is C38H59N2+. The number of unbranched alkanes of at least 4 members (excludes halogenated alkanes) is 13. The van der Waals surface area contributed by atoms with Gasteiger partial charge < -0.3 is 0 Å². The molecule has 0 aliphatic carbocycles. The lowest BCUT2D eigenvalue weighted by atomic mass is 9.70. The van der Waals surface area contributed by atoms with Crippen molar-refractivity contribution in [2.45, 2.75) is 148 Å². The highest BCUT2D eigenvalue weighted by Crippen LogP contribution is 2.41. The molecule has 0 N–H and O–H groups in total. The maximum atomic E-state index is 2.55. The monoisotopic (exact) mass is 543 g/mol. The molecular weight excluding hydrogens is 484 g/mol. The largest absolute Gasteiger partial charge is 0.244 e. The fourth-order valence-electron chi connectivity index (χ4n) is 6.47. The molecule has 2 heteroatoms. The molecule has 0 spiro atoms. The fourth-order valence-corrected chi connectivity index (χ4v) is 6.47. The van der Waals surface area contributed by atoms with Crippen molar-refractivity contribution in [1.82, 2.24) is 4.57 Å². The van der Waals surface area contributed by atoms with Gasteiger partial charge in [-0.1, -0.05) is 165 Å². The van der Waals surface area contributed by atoms with E-state index in [1.807, 2.05) is 0 Å². The van der Waals surface area contributed by atoms with Crippen molar-refractivity contribution in [3.05, 3.63) is 90.5 Å². The van der Waals surface area contributed by atoms with Crippen molar-refractivity contribution in [1.29, 1.82) is 0 Å². The van der Waals surface area contributed by atoms with Crippen molar-refractivity contribution in [2.75, 3.05) is 0 Å². The summed E-state index contributed by atoms with van der Waals surface area (Å²) in [6.45, 7) is 8.20. The molecule has 0 radical (unpaired) electrons. The van der Waals surface area contributed by atoms with Crippen LogP contribution in [0.2, 0.25) is 0 Å². The Labute approximate surface area is 247 Å². The minimum atomic E-state index is 0.0152. The van der Waals surface area contributed by atoms with Gasteiger partial charge in [-0.2, -0.15) is 0 Å². The summed E-state index contributed by atoms with van der Waals surface area (Å²) >= 11 is 0. The van der Waals surface area contributed by atoms with Gasteiger partial charge >= 0.3 is 0 Å². The molecule has 2 aromatic carbocycles. The molecule has 0 saturated carbocycles. The van der Waals surface area contributed by atoms with Gasteiger partial charge in [-0.15, -0.1) is 0 Å². The van der Waals surface area contributed by atoms with Crippen LogP contribution >= 0.6 is 0 Å². The first-order valence-corrected chi connectivity index (χ1v) is 16.8. The normalized spacial score (nSPS) is 13.8.